The Labute approximate surface area is 81.2 Å². The molecule has 1 unspecified atom stereocenters. The fraction of sp³-hybridized carbons (Fsp3) is 1.00. The lowest BCUT2D eigenvalue weighted by molar-refractivity contribution is 0.466. The van der Waals surface area contributed by atoms with Gasteiger partial charge in [-0.1, -0.05) is 0 Å². The summed E-state index contributed by atoms with van der Waals surface area (Å²) in [5.41, 5.74) is 16.6. The zero-order chi connectivity index (χ0) is 9.94. The van der Waals surface area contributed by atoms with Crippen LogP contribution in [0.4, 0.5) is 0 Å². The van der Waals surface area contributed by atoms with Crippen molar-refractivity contribution in [3.8, 4) is 0 Å². The summed E-state index contributed by atoms with van der Waals surface area (Å²) in [7, 11) is 0. The minimum absolute atomic E-state index is 0.129. The van der Waals surface area contributed by atoms with Crippen molar-refractivity contribution < 1.29 is 0 Å². The molecule has 1 atom stereocenters. The largest absolute Gasteiger partial charge is 0.330 e. The number of unbranched alkanes of at least 4 members (excludes halogenated alkanes) is 2. The number of hydrogen-bond donors (Lipinski definition) is 4. The predicted octanol–water partition coefficient (Wildman–Crippen LogP) is -0.271. The second-order valence-electron chi connectivity index (χ2n) is 3.34. The second kappa shape index (κ2) is 9.92. The van der Waals surface area contributed by atoms with Crippen LogP contribution < -0.4 is 22.5 Å². The van der Waals surface area contributed by atoms with E-state index in [1.807, 2.05) is 0 Å². The van der Waals surface area contributed by atoms with Crippen molar-refractivity contribution in [3.63, 3.8) is 0 Å². The minimum atomic E-state index is 0.129. The molecule has 0 aromatic rings. The molecule has 4 nitrogen and oxygen atoms in total. The summed E-state index contributed by atoms with van der Waals surface area (Å²) in [6.45, 7) is 2.50. The molecule has 0 fully saturated rings. The first kappa shape index (κ1) is 12.8. The summed E-state index contributed by atoms with van der Waals surface area (Å²) in [6.07, 6.45) is 5.51. The van der Waals surface area contributed by atoms with Crippen LogP contribution in [0.25, 0.3) is 0 Å². The molecule has 0 aliphatic carbocycles. The average Bonchev–Trinajstić information content (AvgIpc) is 2.13. The van der Waals surface area contributed by atoms with E-state index in [1.165, 1.54) is 0 Å². The van der Waals surface area contributed by atoms with Crippen LogP contribution in [0, 0.1) is 0 Å². The van der Waals surface area contributed by atoms with E-state index in [4.69, 9.17) is 17.2 Å². The summed E-state index contributed by atoms with van der Waals surface area (Å²) in [4.78, 5) is 0. The Bertz CT molecular complexity index is 97.6. The molecule has 0 saturated heterocycles. The Morgan fingerprint density at radius 2 is 1.54 bits per heavy atom. The smallest absolute Gasteiger partial charge is 0.0546 e. The summed E-state index contributed by atoms with van der Waals surface area (Å²) >= 11 is 0. The summed E-state index contributed by atoms with van der Waals surface area (Å²) in [5.74, 6) is 0. The van der Waals surface area contributed by atoms with E-state index in [2.05, 4.69) is 5.32 Å². The maximum Gasteiger partial charge on any atom is 0.0546 e. The molecule has 0 aromatic heterocycles. The van der Waals surface area contributed by atoms with Gasteiger partial charge in [-0.2, -0.15) is 0 Å². The molecule has 80 valence electrons. The molecule has 0 aliphatic heterocycles. The Morgan fingerprint density at radius 3 is 2.15 bits per heavy atom. The van der Waals surface area contributed by atoms with Crippen LogP contribution >= 0.6 is 0 Å². The van der Waals surface area contributed by atoms with Crippen molar-refractivity contribution in [2.24, 2.45) is 17.2 Å². The topological polar surface area (TPSA) is 90.1 Å². The van der Waals surface area contributed by atoms with Gasteiger partial charge in [-0.3, -0.25) is 0 Å². The fourth-order valence-electron chi connectivity index (χ4n) is 1.17. The third kappa shape index (κ3) is 9.76. The fourth-order valence-corrected chi connectivity index (χ4v) is 1.17. The van der Waals surface area contributed by atoms with Crippen LogP contribution in [0.2, 0.25) is 0 Å². The zero-order valence-electron chi connectivity index (χ0n) is 8.47. The average molecular weight is 188 g/mol. The van der Waals surface area contributed by atoms with Gasteiger partial charge >= 0.3 is 0 Å². The van der Waals surface area contributed by atoms with Crippen LogP contribution in [-0.4, -0.2) is 25.8 Å². The third-order valence-corrected chi connectivity index (χ3v) is 2.01. The van der Waals surface area contributed by atoms with E-state index in [9.17, 15) is 0 Å². The van der Waals surface area contributed by atoms with Crippen molar-refractivity contribution in [1.82, 2.24) is 5.32 Å². The van der Waals surface area contributed by atoms with Crippen LogP contribution in [0.1, 0.15) is 32.1 Å². The van der Waals surface area contributed by atoms with Gasteiger partial charge in [-0.15, -0.1) is 0 Å². The van der Waals surface area contributed by atoms with Gasteiger partial charge in [0.1, 0.15) is 0 Å². The van der Waals surface area contributed by atoms with E-state index in [0.717, 1.165) is 51.7 Å². The quantitative estimate of drug-likeness (QED) is 0.296. The van der Waals surface area contributed by atoms with Crippen molar-refractivity contribution in [2.75, 3.05) is 19.6 Å². The molecular weight excluding hydrogens is 164 g/mol. The highest BCUT2D eigenvalue weighted by molar-refractivity contribution is 4.59. The van der Waals surface area contributed by atoms with Crippen LogP contribution in [0.5, 0.6) is 0 Å². The van der Waals surface area contributed by atoms with Crippen molar-refractivity contribution in [2.45, 2.75) is 38.3 Å². The summed E-state index contributed by atoms with van der Waals surface area (Å²) < 4.78 is 0. The van der Waals surface area contributed by atoms with Crippen LogP contribution in [0.3, 0.4) is 0 Å². The number of nitrogens with one attached hydrogen (secondary N) is 1. The standard InChI is InChI=1S/C9H24N4/c10-6-2-1-5-9(12)13-8-4-3-7-11/h9,13H,1-8,10-12H2. The van der Waals surface area contributed by atoms with Gasteiger partial charge < -0.3 is 22.5 Å². The Balaban J connectivity index is 3.05. The van der Waals surface area contributed by atoms with Crippen molar-refractivity contribution >= 4 is 0 Å². The Morgan fingerprint density at radius 1 is 0.923 bits per heavy atom. The van der Waals surface area contributed by atoms with Crippen LogP contribution in [0.15, 0.2) is 0 Å². The van der Waals surface area contributed by atoms with Gasteiger partial charge in [-0.25, -0.2) is 0 Å². The molecule has 0 bridgehead atoms. The molecule has 13 heavy (non-hydrogen) atoms. The minimum Gasteiger partial charge on any atom is -0.330 e. The SMILES string of the molecule is NCCCCNC(N)CCCCN. The van der Waals surface area contributed by atoms with Gasteiger partial charge in [0.25, 0.3) is 0 Å². The zero-order valence-corrected chi connectivity index (χ0v) is 8.47. The molecule has 0 radical (unpaired) electrons. The van der Waals surface area contributed by atoms with Crippen molar-refractivity contribution in [3.05, 3.63) is 0 Å². The Hall–Kier alpha value is -0.160. The molecular formula is C9H24N4. The molecule has 0 spiro atoms. The molecule has 0 saturated carbocycles. The first-order chi connectivity index (χ1) is 6.31. The third-order valence-electron chi connectivity index (χ3n) is 2.01. The lowest BCUT2D eigenvalue weighted by Crippen LogP contribution is -2.38. The van der Waals surface area contributed by atoms with Gasteiger partial charge in [0.2, 0.25) is 0 Å². The van der Waals surface area contributed by atoms with E-state index < -0.39 is 0 Å². The monoisotopic (exact) mass is 188 g/mol. The van der Waals surface area contributed by atoms with Gasteiger partial charge in [0.15, 0.2) is 0 Å². The van der Waals surface area contributed by atoms with E-state index in [1.54, 1.807) is 0 Å². The van der Waals surface area contributed by atoms with Gasteiger partial charge in [-0.05, 0) is 51.7 Å². The highest BCUT2D eigenvalue weighted by atomic mass is 15.0. The van der Waals surface area contributed by atoms with E-state index in [-0.39, 0.29) is 6.17 Å². The molecule has 0 amide bonds. The van der Waals surface area contributed by atoms with Gasteiger partial charge in [0.05, 0.1) is 6.17 Å². The molecule has 0 aliphatic rings. The van der Waals surface area contributed by atoms with Crippen LogP contribution in [-0.2, 0) is 0 Å². The lowest BCUT2D eigenvalue weighted by Gasteiger charge is -2.12. The molecule has 0 rings (SSSR count). The van der Waals surface area contributed by atoms with Gasteiger partial charge in [0, 0.05) is 0 Å². The molecule has 0 aromatic carbocycles. The predicted molar refractivity (Wildman–Crippen MR) is 57.2 cm³/mol. The number of hydrogen-bond acceptors (Lipinski definition) is 4. The number of nitrogens with two attached hydrogens (primary N) is 3. The lowest BCUT2D eigenvalue weighted by atomic mass is 10.2. The normalized spacial score (nSPS) is 13.2. The summed E-state index contributed by atoms with van der Waals surface area (Å²) in [6, 6.07) is 0. The van der Waals surface area contributed by atoms with Crippen molar-refractivity contribution in [1.29, 1.82) is 0 Å². The maximum absolute atomic E-state index is 5.81. The summed E-state index contributed by atoms with van der Waals surface area (Å²) in [5, 5.41) is 3.26. The highest BCUT2D eigenvalue weighted by Crippen LogP contribution is 1.95. The van der Waals surface area contributed by atoms with E-state index >= 15 is 0 Å². The number of rotatable bonds is 9. The second-order valence-corrected chi connectivity index (χ2v) is 3.34. The highest BCUT2D eigenvalue weighted by Gasteiger charge is 1.99. The Kier molecular flexibility index (Phi) is 9.80. The van der Waals surface area contributed by atoms with E-state index in [0.29, 0.717) is 0 Å². The first-order valence-electron chi connectivity index (χ1n) is 5.20. The maximum atomic E-state index is 5.81. The molecule has 0 heterocycles. The first-order valence-corrected chi connectivity index (χ1v) is 5.20. The molecule has 4 heteroatoms. The molecule has 7 N–H and O–H groups in total.